The average molecular weight is 364 g/mol. The first kappa shape index (κ1) is 18.9. The smallest absolute Gasteiger partial charge is 0.203 e. The molecular formula is C22H24F4. The van der Waals surface area contributed by atoms with Gasteiger partial charge in [0.1, 0.15) is 0 Å². The van der Waals surface area contributed by atoms with Crippen molar-refractivity contribution in [2.45, 2.75) is 57.3 Å². The molecule has 1 aliphatic rings. The first-order chi connectivity index (χ1) is 12.4. The van der Waals surface area contributed by atoms with Crippen molar-refractivity contribution >= 4 is 0 Å². The van der Waals surface area contributed by atoms with Crippen LogP contribution in [-0.2, 0) is 5.92 Å². The van der Waals surface area contributed by atoms with Crippen LogP contribution in [0, 0.1) is 5.92 Å². The van der Waals surface area contributed by atoms with Crippen molar-refractivity contribution in [1.82, 2.24) is 0 Å². The number of hydrogen-bond acceptors (Lipinski definition) is 0. The van der Waals surface area contributed by atoms with Crippen molar-refractivity contribution in [2.24, 2.45) is 5.92 Å². The Kier molecular flexibility index (Phi) is 5.69. The third kappa shape index (κ3) is 3.94. The van der Waals surface area contributed by atoms with Crippen molar-refractivity contribution in [2.75, 3.05) is 0 Å². The molecule has 0 bridgehead atoms. The largest absolute Gasteiger partial charge is 0.332 e. The average Bonchev–Trinajstić information content (AvgIpc) is 2.68. The van der Waals surface area contributed by atoms with Crippen molar-refractivity contribution in [3.05, 3.63) is 59.7 Å². The molecule has 0 spiro atoms. The van der Waals surface area contributed by atoms with Gasteiger partial charge in [0.25, 0.3) is 0 Å². The molecule has 1 fully saturated rings. The maximum Gasteiger partial charge on any atom is 0.332 e. The van der Waals surface area contributed by atoms with E-state index in [9.17, 15) is 17.6 Å². The lowest BCUT2D eigenvalue weighted by atomic mass is 9.77. The van der Waals surface area contributed by atoms with Gasteiger partial charge in [-0.05, 0) is 54.2 Å². The molecule has 2 aromatic rings. The summed E-state index contributed by atoms with van der Waals surface area (Å²) in [5, 5.41) is 0. The van der Waals surface area contributed by atoms with Gasteiger partial charge in [-0.3, -0.25) is 0 Å². The highest BCUT2D eigenvalue weighted by atomic mass is 19.3. The Hall–Kier alpha value is -1.84. The number of alkyl halides is 4. The summed E-state index contributed by atoms with van der Waals surface area (Å²) < 4.78 is 51.6. The third-order valence-corrected chi connectivity index (χ3v) is 5.68. The first-order valence-electron chi connectivity index (χ1n) is 9.28. The van der Waals surface area contributed by atoms with Crippen LogP contribution in [0.25, 0.3) is 11.1 Å². The molecule has 1 saturated carbocycles. The molecule has 1 aliphatic carbocycles. The Morgan fingerprint density at radius 3 is 1.81 bits per heavy atom. The van der Waals surface area contributed by atoms with Crippen molar-refractivity contribution in [1.29, 1.82) is 0 Å². The predicted molar refractivity (Wildman–Crippen MR) is 96.8 cm³/mol. The number of benzene rings is 2. The van der Waals surface area contributed by atoms with E-state index in [0.717, 1.165) is 29.2 Å². The second kappa shape index (κ2) is 7.81. The van der Waals surface area contributed by atoms with Crippen LogP contribution in [-0.4, -0.2) is 6.43 Å². The van der Waals surface area contributed by atoms with Gasteiger partial charge >= 0.3 is 12.3 Å². The zero-order valence-corrected chi connectivity index (χ0v) is 14.9. The summed E-state index contributed by atoms with van der Waals surface area (Å²) in [6.07, 6.45) is 2.55. The second-order valence-electron chi connectivity index (χ2n) is 7.25. The van der Waals surface area contributed by atoms with Gasteiger partial charge in [-0.1, -0.05) is 61.9 Å². The molecule has 140 valence electrons. The highest BCUT2D eigenvalue weighted by molar-refractivity contribution is 5.64. The molecule has 2 aromatic carbocycles. The monoisotopic (exact) mass is 364 g/mol. The number of halogens is 4. The molecule has 0 unspecified atom stereocenters. The highest BCUT2D eigenvalue weighted by Gasteiger charge is 2.42. The molecule has 0 radical (unpaired) electrons. The van der Waals surface area contributed by atoms with Gasteiger partial charge in [0.2, 0.25) is 0 Å². The van der Waals surface area contributed by atoms with Crippen LogP contribution < -0.4 is 0 Å². The Morgan fingerprint density at radius 1 is 0.846 bits per heavy atom. The summed E-state index contributed by atoms with van der Waals surface area (Å²) in [5.41, 5.74) is 2.33. The van der Waals surface area contributed by atoms with Gasteiger partial charge in [-0.2, -0.15) is 8.78 Å². The van der Waals surface area contributed by atoms with E-state index in [4.69, 9.17) is 0 Å². The fourth-order valence-electron chi connectivity index (χ4n) is 3.86. The summed E-state index contributed by atoms with van der Waals surface area (Å²) >= 11 is 0. The molecule has 0 N–H and O–H groups in total. The van der Waals surface area contributed by atoms with Gasteiger partial charge in [-0.25, -0.2) is 8.78 Å². The molecule has 0 atom stereocenters. The van der Waals surface area contributed by atoms with E-state index in [0.29, 0.717) is 5.92 Å². The normalized spacial score (nSPS) is 21.2. The van der Waals surface area contributed by atoms with Gasteiger partial charge < -0.3 is 0 Å². The molecule has 0 saturated heterocycles. The molecule has 0 nitrogen and oxygen atoms in total. The Morgan fingerprint density at radius 2 is 1.35 bits per heavy atom. The molecule has 0 heterocycles. The quantitative estimate of drug-likeness (QED) is 0.485. The Labute approximate surface area is 152 Å². The minimum Gasteiger partial charge on any atom is -0.203 e. The third-order valence-electron chi connectivity index (χ3n) is 5.68. The molecule has 26 heavy (non-hydrogen) atoms. The Bertz CT molecular complexity index is 696. The summed E-state index contributed by atoms with van der Waals surface area (Å²) in [5.74, 6) is -2.66. The maximum atomic E-state index is 13.4. The highest BCUT2D eigenvalue weighted by Crippen LogP contribution is 2.38. The molecule has 0 aromatic heterocycles. The van der Waals surface area contributed by atoms with Crippen LogP contribution in [0.3, 0.4) is 0 Å². The zero-order valence-electron chi connectivity index (χ0n) is 14.9. The minimum atomic E-state index is -4.11. The summed E-state index contributed by atoms with van der Waals surface area (Å²) in [4.78, 5) is 0. The van der Waals surface area contributed by atoms with Crippen LogP contribution in [0.15, 0.2) is 48.5 Å². The predicted octanol–water partition coefficient (Wildman–Crippen LogP) is 7.39. The standard InChI is InChI=1S/C22H24F4/c1-2-15-3-5-16(6-4-15)17-7-9-18(10-8-17)19-11-13-20(14-12-19)22(25,26)21(23)24/h7-16,21H,2-6H2,1H3. The molecule has 0 aliphatic heterocycles. The Balaban J connectivity index is 1.71. The number of hydrogen-bond donors (Lipinski definition) is 0. The maximum absolute atomic E-state index is 13.4. The summed E-state index contributed by atoms with van der Waals surface area (Å²) in [6, 6.07) is 13.3. The lowest BCUT2D eigenvalue weighted by molar-refractivity contribution is -0.135. The van der Waals surface area contributed by atoms with E-state index >= 15 is 0 Å². The molecule has 0 amide bonds. The first-order valence-corrected chi connectivity index (χ1v) is 9.28. The van der Waals surface area contributed by atoms with Crippen LogP contribution in [0.5, 0.6) is 0 Å². The van der Waals surface area contributed by atoms with E-state index in [-0.39, 0.29) is 0 Å². The zero-order chi connectivity index (χ0) is 18.7. The minimum absolute atomic E-state index is 0.596. The van der Waals surface area contributed by atoms with Crippen molar-refractivity contribution in [3.8, 4) is 11.1 Å². The van der Waals surface area contributed by atoms with Crippen LogP contribution >= 0.6 is 0 Å². The lowest BCUT2D eigenvalue weighted by Crippen LogP contribution is -2.23. The van der Waals surface area contributed by atoms with Gasteiger partial charge in [0.05, 0.1) is 0 Å². The fraction of sp³-hybridized carbons (Fsp3) is 0.455. The topological polar surface area (TPSA) is 0 Å². The molecular weight excluding hydrogens is 340 g/mol. The molecule has 3 rings (SSSR count). The van der Waals surface area contributed by atoms with Gasteiger partial charge in [0, 0.05) is 5.56 Å². The van der Waals surface area contributed by atoms with Crippen LogP contribution in [0.1, 0.15) is 56.1 Å². The van der Waals surface area contributed by atoms with E-state index < -0.39 is 17.9 Å². The number of rotatable bonds is 5. The van der Waals surface area contributed by atoms with Gasteiger partial charge in [-0.15, -0.1) is 0 Å². The lowest BCUT2D eigenvalue weighted by Gasteiger charge is -2.28. The second-order valence-corrected chi connectivity index (χ2v) is 7.25. The summed E-state index contributed by atoms with van der Waals surface area (Å²) in [7, 11) is 0. The van der Waals surface area contributed by atoms with Gasteiger partial charge in [0.15, 0.2) is 0 Å². The van der Waals surface area contributed by atoms with E-state index in [1.54, 1.807) is 0 Å². The van der Waals surface area contributed by atoms with E-state index in [1.807, 2.05) is 12.1 Å². The van der Waals surface area contributed by atoms with Crippen molar-refractivity contribution < 1.29 is 17.6 Å². The SMILES string of the molecule is CCC1CCC(c2ccc(-c3ccc(C(F)(F)C(F)F)cc3)cc2)CC1. The van der Waals surface area contributed by atoms with E-state index in [1.165, 1.54) is 49.8 Å². The van der Waals surface area contributed by atoms with Crippen LogP contribution in [0.2, 0.25) is 0 Å². The van der Waals surface area contributed by atoms with Crippen molar-refractivity contribution in [3.63, 3.8) is 0 Å². The van der Waals surface area contributed by atoms with E-state index in [2.05, 4.69) is 19.1 Å². The summed E-state index contributed by atoms with van der Waals surface area (Å²) in [6.45, 7) is 2.25. The van der Waals surface area contributed by atoms with Crippen LogP contribution in [0.4, 0.5) is 17.6 Å². The molecule has 4 heteroatoms. The fourth-order valence-corrected chi connectivity index (χ4v) is 3.86.